The fourth-order valence-corrected chi connectivity index (χ4v) is 4.11. The van der Waals surface area contributed by atoms with Crippen LogP contribution in [0.15, 0.2) is 41.9 Å². The molecule has 0 aliphatic heterocycles. The lowest BCUT2D eigenvalue weighted by Gasteiger charge is -2.17. The zero-order valence-electron chi connectivity index (χ0n) is 21.2. The molecular weight excluding hydrogens is 492 g/mol. The Hall–Kier alpha value is -4.14. The number of carbonyl (C=O) groups excluding carboxylic acids is 3. The number of allylic oxidation sites excluding steroid dienone is 1. The summed E-state index contributed by atoms with van der Waals surface area (Å²) < 4.78 is 6.50. The topological polar surface area (TPSA) is 139 Å². The maximum Gasteiger partial charge on any atom is 0.272 e. The van der Waals surface area contributed by atoms with Gasteiger partial charge in [0.05, 0.1) is 18.4 Å². The van der Waals surface area contributed by atoms with Crippen LogP contribution in [-0.2, 0) is 15.1 Å². The molecular formula is C26H28N6O4S. The molecule has 2 aromatic heterocycles. The van der Waals surface area contributed by atoms with Crippen molar-refractivity contribution in [2.75, 3.05) is 19.0 Å². The van der Waals surface area contributed by atoms with Gasteiger partial charge in [0.15, 0.2) is 10.9 Å². The Morgan fingerprint density at radius 2 is 2.05 bits per heavy atom. The van der Waals surface area contributed by atoms with E-state index in [9.17, 15) is 19.6 Å². The molecule has 0 saturated carbocycles. The predicted octanol–water partition coefficient (Wildman–Crippen LogP) is 3.88. The van der Waals surface area contributed by atoms with Gasteiger partial charge in [0.25, 0.3) is 11.8 Å². The maximum absolute atomic E-state index is 12.9. The molecule has 0 saturated heterocycles. The van der Waals surface area contributed by atoms with Crippen LogP contribution in [0.1, 0.15) is 54.1 Å². The van der Waals surface area contributed by atoms with Gasteiger partial charge in [-0.3, -0.25) is 19.1 Å². The molecule has 192 valence electrons. The van der Waals surface area contributed by atoms with Crippen LogP contribution in [0.2, 0.25) is 0 Å². The number of amides is 2. The average Bonchev–Trinajstić information content (AvgIpc) is 3.55. The molecule has 2 amide bonds. The van der Waals surface area contributed by atoms with Crippen LogP contribution in [0.5, 0.6) is 0 Å². The molecule has 37 heavy (non-hydrogen) atoms. The zero-order chi connectivity index (χ0) is 27.2. The van der Waals surface area contributed by atoms with Crippen molar-refractivity contribution in [1.82, 2.24) is 20.1 Å². The van der Waals surface area contributed by atoms with Crippen LogP contribution >= 0.6 is 11.3 Å². The van der Waals surface area contributed by atoms with Gasteiger partial charge < -0.3 is 15.4 Å². The number of nitrogens with zero attached hydrogens (tertiary/aromatic N) is 4. The number of thiazole rings is 1. The number of rotatable bonds is 10. The minimum absolute atomic E-state index is 0.0575. The number of methoxy groups -OCH3 is 1. The Bertz CT molecular complexity index is 1380. The largest absolute Gasteiger partial charge is 0.382 e. The van der Waals surface area contributed by atoms with Crippen molar-refractivity contribution in [2.24, 2.45) is 0 Å². The van der Waals surface area contributed by atoms with E-state index in [0.29, 0.717) is 16.4 Å². The Morgan fingerprint density at radius 3 is 2.70 bits per heavy atom. The molecule has 11 heteroatoms. The molecule has 0 aliphatic rings. The number of aromatic nitrogens is 3. The summed E-state index contributed by atoms with van der Waals surface area (Å²) >= 11 is 1.22. The first kappa shape index (κ1) is 27.4. The van der Waals surface area contributed by atoms with Gasteiger partial charge in [0.2, 0.25) is 0 Å². The number of nitriles is 1. The van der Waals surface area contributed by atoms with Crippen LogP contribution in [0.4, 0.5) is 5.13 Å². The lowest BCUT2D eigenvalue weighted by molar-refractivity contribution is -0.119. The third kappa shape index (κ3) is 6.55. The van der Waals surface area contributed by atoms with E-state index in [2.05, 4.69) is 26.8 Å². The molecule has 1 unspecified atom stereocenters. The zero-order valence-corrected chi connectivity index (χ0v) is 22.0. The van der Waals surface area contributed by atoms with E-state index in [4.69, 9.17) is 4.74 Å². The van der Waals surface area contributed by atoms with Gasteiger partial charge >= 0.3 is 0 Å². The first-order chi connectivity index (χ1) is 17.6. The Balaban J connectivity index is 1.73. The van der Waals surface area contributed by atoms with Gasteiger partial charge in [-0.15, -0.1) is 11.3 Å². The number of ether oxygens (including phenoxy) is 1. The smallest absolute Gasteiger partial charge is 0.272 e. The number of Topliss-reactive ketones (excluding diaryl/α,β-unsaturated/α-hetero) is 1. The van der Waals surface area contributed by atoms with Crippen LogP contribution in [0, 0.1) is 11.3 Å². The monoisotopic (exact) mass is 520 g/mol. The highest BCUT2D eigenvalue weighted by Crippen LogP contribution is 2.27. The Morgan fingerprint density at radius 1 is 1.30 bits per heavy atom. The van der Waals surface area contributed by atoms with Crippen LogP contribution in [0.25, 0.3) is 17.3 Å². The van der Waals surface area contributed by atoms with Crippen molar-refractivity contribution >= 4 is 40.1 Å². The quantitative estimate of drug-likeness (QED) is 0.387. The van der Waals surface area contributed by atoms with Gasteiger partial charge in [-0.2, -0.15) is 10.4 Å². The summed E-state index contributed by atoms with van der Waals surface area (Å²) in [5.74, 6) is -1.15. The minimum Gasteiger partial charge on any atom is -0.382 e. The lowest BCUT2D eigenvalue weighted by Crippen LogP contribution is -2.46. The summed E-state index contributed by atoms with van der Waals surface area (Å²) in [6.45, 7) is 6.66. The molecule has 0 spiro atoms. The Labute approximate surface area is 219 Å². The molecule has 10 nitrogen and oxygen atoms in total. The van der Waals surface area contributed by atoms with E-state index in [0.717, 1.165) is 11.1 Å². The van der Waals surface area contributed by atoms with Crippen molar-refractivity contribution < 1.29 is 19.1 Å². The van der Waals surface area contributed by atoms with E-state index in [1.165, 1.54) is 42.3 Å². The van der Waals surface area contributed by atoms with Crippen LogP contribution < -0.4 is 10.6 Å². The lowest BCUT2D eigenvalue weighted by atomic mass is 9.99. The van der Waals surface area contributed by atoms with E-state index in [1.807, 2.05) is 31.2 Å². The number of benzene rings is 1. The summed E-state index contributed by atoms with van der Waals surface area (Å²) in [5, 5.41) is 20.8. The molecule has 1 aromatic carbocycles. The number of nitrogens with one attached hydrogen (secondary N) is 2. The van der Waals surface area contributed by atoms with E-state index in [-0.39, 0.29) is 18.1 Å². The summed E-state index contributed by atoms with van der Waals surface area (Å²) in [6, 6.07) is 8.06. The van der Waals surface area contributed by atoms with Gasteiger partial charge in [0, 0.05) is 29.8 Å². The molecule has 3 rings (SSSR count). The molecule has 0 radical (unpaired) electrons. The third-order valence-corrected chi connectivity index (χ3v) is 6.19. The summed E-state index contributed by atoms with van der Waals surface area (Å²) in [7, 11) is 1.42. The summed E-state index contributed by atoms with van der Waals surface area (Å²) in [4.78, 5) is 42.2. The average molecular weight is 521 g/mol. The van der Waals surface area contributed by atoms with E-state index in [1.54, 1.807) is 25.3 Å². The first-order valence-electron chi connectivity index (χ1n) is 11.4. The Kier molecular flexibility index (Phi) is 8.70. The molecule has 0 bridgehead atoms. The minimum atomic E-state index is -1.01. The van der Waals surface area contributed by atoms with Gasteiger partial charge in [-0.25, -0.2) is 4.98 Å². The second-order valence-electron chi connectivity index (χ2n) is 8.68. The van der Waals surface area contributed by atoms with Crippen molar-refractivity contribution in [3.8, 4) is 17.3 Å². The molecule has 1 atom stereocenters. The molecule has 3 aromatic rings. The van der Waals surface area contributed by atoms with Gasteiger partial charge in [-0.1, -0.05) is 24.3 Å². The number of carbonyl (C=O) groups is 3. The van der Waals surface area contributed by atoms with Crippen molar-refractivity contribution in [3.05, 3.63) is 58.7 Å². The molecule has 0 aliphatic carbocycles. The first-order valence-corrected chi connectivity index (χ1v) is 12.3. The fraction of sp³-hybridized carbons (Fsp3) is 0.308. The normalized spacial score (nSPS) is 12.2. The molecule has 2 heterocycles. The highest BCUT2D eigenvalue weighted by atomic mass is 32.1. The standard InChI is InChI=1S/C26H28N6O4S/c1-6-7-17-8-9-18(12-19(17)16(2)33)22-14-37-25(29-22)30-24(35)21(13-36-5)28-23(34)20-10-11-32(31-20)26(3,4)15-27/h6-12,14,21H,13H2,1-5H3,(H,28,34)(H,29,30,35)/b7-6-. The highest BCUT2D eigenvalue weighted by Gasteiger charge is 2.26. The highest BCUT2D eigenvalue weighted by molar-refractivity contribution is 7.14. The predicted molar refractivity (Wildman–Crippen MR) is 141 cm³/mol. The fourth-order valence-electron chi connectivity index (χ4n) is 3.39. The number of hydrogen-bond acceptors (Lipinski definition) is 8. The van der Waals surface area contributed by atoms with Gasteiger partial charge in [-0.05, 0) is 45.4 Å². The molecule has 2 N–H and O–H groups in total. The van der Waals surface area contributed by atoms with Crippen molar-refractivity contribution in [3.63, 3.8) is 0 Å². The second-order valence-corrected chi connectivity index (χ2v) is 9.54. The SMILES string of the molecule is C/C=C\c1ccc(-c2csc(NC(=O)C(COC)NC(=O)c3ccn(C(C)(C)C#N)n3)n2)cc1C(C)=O. The number of hydrogen-bond donors (Lipinski definition) is 2. The van der Waals surface area contributed by atoms with Crippen molar-refractivity contribution in [1.29, 1.82) is 5.26 Å². The summed E-state index contributed by atoms with van der Waals surface area (Å²) in [5.41, 5.74) is 1.89. The molecule has 0 fully saturated rings. The van der Waals surface area contributed by atoms with E-state index < -0.39 is 23.4 Å². The third-order valence-electron chi connectivity index (χ3n) is 5.43. The van der Waals surface area contributed by atoms with E-state index >= 15 is 0 Å². The number of ketones is 1. The van der Waals surface area contributed by atoms with Crippen molar-refractivity contribution in [2.45, 2.75) is 39.3 Å². The second kappa shape index (κ2) is 11.7. The van der Waals surface area contributed by atoms with Crippen LogP contribution in [0.3, 0.4) is 0 Å². The van der Waals surface area contributed by atoms with Gasteiger partial charge in [0.1, 0.15) is 17.3 Å². The maximum atomic E-state index is 12.9. The summed E-state index contributed by atoms with van der Waals surface area (Å²) in [6.07, 6.45) is 5.27. The van der Waals surface area contributed by atoms with Crippen LogP contribution in [-0.4, -0.2) is 52.1 Å². The number of anilines is 1.